The molecule has 21 heavy (non-hydrogen) atoms. The molecule has 4 heteroatoms. The van der Waals surface area contributed by atoms with Gasteiger partial charge in [-0.1, -0.05) is 24.3 Å². The molecule has 0 aliphatic heterocycles. The maximum atomic E-state index is 5.75. The van der Waals surface area contributed by atoms with E-state index >= 15 is 0 Å². The van der Waals surface area contributed by atoms with Gasteiger partial charge >= 0.3 is 0 Å². The van der Waals surface area contributed by atoms with E-state index in [-0.39, 0.29) is 0 Å². The Labute approximate surface area is 133 Å². The number of hydrogen-bond acceptors (Lipinski definition) is 3. The highest BCUT2D eigenvalue weighted by atomic mass is 35.5. The summed E-state index contributed by atoms with van der Waals surface area (Å²) in [4.78, 5) is 4.64. The van der Waals surface area contributed by atoms with Crippen molar-refractivity contribution in [3.05, 3.63) is 59.1 Å². The maximum Gasteiger partial charge on any atom is 0.113 e. The number of nitrogens with one attached hydrogen (secondary N) is 1. The van der Waals surface area contributed by atoms with E-state index in [0.29, 0.717) is 5.88 Å². The number of para-hydroxylation sites is 1. The molecule has 0 spiro atoms. The fraction of sp³-hybridized carbons (Fsp3) is 0.235. The first kappa shape index (κ1) is 14.4. The van der Waals surface area contributed by atoms with Crippen LogP contribution in [0.1, 0.15) is 17.0 Å². The zero-order chi connectivity index (χ0) is 14.5. The van der Waals surface area contributed by atoms with E-state index in [4.69, 9.17) is 11.6 Å². The van der Waals surface area contributed by atoms with Crippen LogP contribution in [0.15, 0.2) is 48.5 Å². The summed E-state index contributed by atoms with van der Waals surface area (Å²) in [6.07, 6.45) is 2.04. The first-order valence-electron chi connectivity index (χ1n) is 7.08. The Morgan fingerprint density at radius 2 is 2.00 bits per heavy atom. The van der Waals surface area contributed by atoms with E-state index in [2.05, 4.69) is 52.8 Å². The molecule has 0 atom stereocenters. The molecule has 2 aromatic carbocycles. The number of anilines is 1. The van der Waals surface area contributed by atoms with Gasteiger partial charge in [-0.3, -0.25) is 0 Å². The van der Waals surface area contributed by atoms with Gasteiger partial charge in [-0.2, -0.15) is 0 Å². The van der Waals surface area contributed by atoms with Gasteiger partial charge in [0, 0.05) is 11.6 Å². The lowest BCUT2D eigenvalue weighted by Crippen LogP contribution is -1.99. The Balaban J connectivity index is 1.66. The van der Waals surface area contributed by atoms with Crippen LogP contribution >= 0.6 is 22.9 Å². The Bertz CT molecular complexity index is 690. The topological polar surface area (TPSA) is 24.9 Å². The SMILES string of the molecule is ClCCCc1cccc(NCc2nc3ccccc3s2)c1. The molecule has 3 aromatic rings. The lowest BCUT2D eigenvalue weighted by atomic mass is 10.1. The van der Waals surface area contributed by atoms with Crippen molar-refractivity contribution in [2.24, 2.45) is 0 Å². The molecule has 108 valence electrons. The molecular weight excluding hydrogens is 300 g/mol. The highest BCUT2D eigenvalue weighted by Crippen LogP contribution is 2.22. The summed E-state index contributed by atoms with van der Waals surface area (Å²) < 4.78 is 1.24. The molecule has 0 unspecified atom stereocenters. The molecule has 1 N–H and O–H groups in total. The van der Waals surface area contributed by atoms with Gasteiger partial charge in [-0.05, 0) is 42.7 Å². The van der Waals surface area contributed by atoms with Crippen LogP contribution in [0.5, 0.6) is 0 Å². The molecular formula is C17H17ClN2S. The predicted molar refractivity (Wildman–Crippen MR) is 92.4 cm³/mol. The number of hydrogen-bond donors (Lipinski definition) is 1. The average molecular weight is 317 g/mol. The Morgan fingerprint density at radius 1 is 1.10 bits per heavy atom. The van der Waals surface area contributed by atoms with Crippen LogP contribution in [0.2, 0.25) is 0 Å². The lowest BCUT2D eigenvalue weighted by molar-refractivity contribution is 0.928. The molecule has 0 aliphatic carbocycles. The number of alkyl halides is 1. The van der Waals surface area contributed by atoms with Crippen LogP contribution in [-0.4, -0.2) is 10.9 Å². The van der Waals surface area contributed by atoms with Gasteiger partial charge in [-0.15, -0.1) is 22.9 Å². The van der Waals surface area contributed by atoms with E-state index in [1.54, 1.807) is 11.3 Å². The molecule has 0 bridgehead atoms. The molecule has 0 fully saturated rings. The minimum atomic E-state index is 0.712. The Kier molecular flexibility index (Phi) is 4.73. The summed E-state index contributed by atoms with van der Waals surface area (Å²) in [5.74, 6) is 0.712. The quantitative estimate of drug-likeness (QED) is 0.641. The van der Waals surface area contributed by atoms with Gasteiger partial charge in [0.15, 0.2) is 0 Å². The summed E-state index contributed by atoms with van der Waals surface area (Å²) in [5.41, 5.74) is 3.54. The second kappa shape index (κ2) is 6.92. The number of nitrogens with zero attached hydrogens (tertiary/aromatic N) is 1. The molecule has 0 saturated heterocycles. The number of rotatable bonds is 6. The highest BCUT2D eigenvalue weighted by Gasteiger charge is 2.03. The summed E-state index contributed by atoms with van der Waals surface area (Å²) in [5, 5.41) is 4.57. The highest BCUT2D eigenvalue weighted by molar-refractivity contribution is 7.18. The van der Waals surface area contributed by atoms with E-state index in [9.17, 15) is 0 Å². The fourth-order valence-electron chi connectivity index (χ4n) is 2.28. The number of thiazole rings is 1. The van der Waals surface area contributed by atoms with Gasteiger partial charge in [0.25, 0.3) is 0 Å². The molecule has 1 heterocycles. The van der Waals surface area contributed by atoms with Gasteiger partial charge in [0.1, 0.15) is 5.01 Å². The third kappa shape index (κ3) is 3.74. The van der Waals surface area contributed by atoms with Crippen LogP contribution in [0.4, 0.5) is 5.69 Å². The van der Waals surface area contributed by atoms with Crippen LogP contribution in [-0.2, 0) is 13.0 Å². The lowest BCUT2D eigenvalue weighted by Gasteiger charge is -2.06. The summed E-state index contributed by atoms with van der Waals surface area (Å²) in [7, 11) is 0. The van der Waals surface area contributed by atoms with Crippen LogP contribution in [0.3, 0.4) is 0 Å². The second-order valence-electron chi connectivity index (χ2n) is 4.92. The van der Waals surface area contributed by atoms with Crippen molar-refractivity contribution in [2.75, 3.05) is 11.2 Å². The molecule has 1 aromatic heterocycles. The van der Waals surface area contributed by atoms with Gasteiger partial charge in [-0.25, -0.2) is 4.98 Å². The van der Waals surface area contributed by atoms with Crippen molar-refractivity contribution in [1.29, 1.82) is 0 Å². The van der Waals surface area contributed by atoms with Crippen LogP contribution < -0.4 is 5.32 Å². The Morgan fingerprint density at radius 3 is 2.86 bits per heavy atom. The van der Waals surface area contributed by atoms with Gasteiger partial charge in [0.2, 0.25) is 0 Å². The molecule has 0 aliphatic rings. The van der Waals surface area contributed by atoms with Crippen molar-refractivity contribution < 1.29 is 0 Å². The van der Waals surface area contributed by atoms with E-state index in [0.717, 1.165) is 35.6 Å². The van der Waals surface area contributed by atoms with E-state index < -0.39 is 0 Å². The third-order valence-electron chi connectivity index (χ3n) is 3.31. The molecule has 3 rings (SSSR count). The summed E-state index contributed by atoms with van der Waals surface area (Å²) in [6.45, 7) is 0.762. The predicted octanol–water partition coefficient (Wildman–Crippen LogP) is 5.08. The number of aromatic nitrogens is 1. The minimum Gasteiger partial charge on any atom is -0.379 e. The molecule has 0 amide bonds. The smallest absolute Gasteiger partial charge is 0.113 e. The Hall–Kier alpha value is -1.58. The number of benzene rings is 2. The normalized spacial score (nSPS) is 10.9. The van der Waals surface area contributed by atoms with Crippen molar-refractivity contribution in [3.8, 4) is 0 Å². The molecule has 2 nitrogen and oxygen atoms in total. The van der Waals surface area contributed by atoms with Crippen molar-refractivity contribution in [1.82, 2.24) is 4.98 Å². The first-order chi connectivity index (χ1) is 10.3. The van der Waals surface area contributed by atoms with Crippen LogP contribution in [0.25, 0.3) is 10.2 Å². The largest absolute Gasteiger partial charge is 0.379 e. The van der Waals surface area contributed by atoms with Gasteiger partial charge < -0.3 is 5.32 Å². The summed E-state index contributed by atoms with van der Waals surface area (Å²) >= 11 is 7.49. The standard InChI is InChI=1S/C17H17ClN2S/c18-10-4-6-13-5-3-7-14(11-13)19-12-17-20-15-8-1-2-9-16(15)21-17/h1-3,5,7-9,11,19H,4,6,10,12H2. The average Bonchev–Trinajstić information content (AvgIpc) is 2.94. The maximum absolute atomic E-state index is 5.75. The molecule has 0 saturated carbocycles. The van der Waals surface area contributed by atoms with E-state index in [1.807, 2.05) is 6.07 Å². The second-order valence-corrected chi connectivity index (χ2v) is 6.41. The zero-order valence-electron chi connectivity index (χ0n) is 11.7. The monoisotopic (exact) mass is 316 g/mol. The van der Waals surface area contributed by atoms with Crippen molar-refractivity contribution in [3.63, 3.8) is 0 Å². The third-order valence-corrected chi connectivity index (χ3v) is 4.61. The first-order valence-corrected chi connectivity index (χ1v) is 8.43. The number of aryl methyl sites for hydroxylation is 1. The van der Waals surface area contributed by atoms with E-state index in [1.165, 1.54) is 10.3 Å². The van der Waals surface area contributed by atoms with Gasteiger partial charge in [0.05, 0.1) is 16.8 Å². The van der Waals surface area contributed by atoms with Crippen LogP contribution in [0, 0.1) is 0 Å². The van der Waals surface area contributed by atoms with Crippen molar-refractivity contribution >= 4 is 38.8 Å². The van der Waals surface area contributed by atoms with Crippen molar-refractivity contribution in [2.45, 2.75) is 19.4 Å². The number of fused-ring (bicyclic) bond motifs is 1. The fourth-order valence-corrected chi connectivity index (χ4v) is 3.32. The number of halogens is 1. The molecule has 0 radical (unpaired) electrons. The zero-order valence-corrected chi connectivity index (χ0v) is 13.3. The summed E-state index contributed by atoms with van der Waals surface area (Å²) in [6, 6.07) is 16.8. The minimum absolute atomic E-state index is 0.712.